The molecular weight excluding hydrogens is 329 g/mol. The zero-order chi connectivity index (χ0) is 16.2. The second kappa shape index (κ2) is 7.31. The van der Waals surface area contributed by atoms with E-state index in [-0.39, 0.29) is 25.4 Å². The highest BCUT2D eigenvalue weighted by molar-refractivity contribution is 6.42. The van der Waals surface area contributed by atoms with Crippen molar-refractivity contribution >= 4 is 35.1 Å². The van der Waals surface area contributed by atoms with Crippen LogP contribution in [0.2, 0.25) is 10.0 Å². The maximum absolute atomic E-state index is 12.1. The van der Waals surface area contributed by atoms with Crippen LogP contribution in [0.3, 0.4) is 0 Å². The number of aryl methyl sites for hydroxylation is 1. The van der Waals surface area contributed by atoms with Crippen molar-refractivity contribution in [1.82, 2.24) is 5.32 Å². The van der Waals surface area contributed by atoms with Gasteiger partial charge in [-0.3, -0.25) is 9.59 Å². The Morgan fingerprint density at radius 3 is 2.68 bits per heavy atom. The number of carboxylic acid groups (broad SMARTS) is 1. The summed E-state index contributed by atoms with van der Waals surface area (Å²) in [6.07, 6.45) is 1.13. The van der Waals surface area contributed by atoms with Gasteiger partial charge in [-0.2, -0.15) is 0 Å². The highest BCUT2D eigenvalue weighted by atomic mass is 35.5. The van der Waals surface area contributed by atoms with Crippen LogP contribution in [0.1, 0.15) is 24.8 Å². The summed E-state index contributed by atoms with van der Waals surface area (Å²) >= 11 is 11.8. The molecule has 1 aromatic carbocycles. The van der Waals surface area contributed by atoms with Gasteiger partial charge in [0, 0.05) is 13.0 Å². The highest BCUT2D eigenvalue weighted by Gasteiger charge is 2.38. The second-order valence-corrected chi connectivity index (χ2v) is 6.26. The van der Waals surface area contributed by atoms with Gasteiger partial charge in [0.25, 0.3) is 0 Å². The van der Waals surface area contributed by atoms with Gasteiger partial charge in [0.05, 0.1) is 28.6 Å². The monoisotopic (exact) mass is 345 g/mol. The largest absolute Gasteiger partial charge is 0.481 e. The molecule has 7 heteroatoms. The van der Waals surface area contributed by atoms with E-state index in [1.807, 2.05) is 6.07 Å². The van der Waals surface area contributed by atoms with Crippen LogP contribution in [0.5, 0.6) is 0 Å². The number of carbonyl (C=O) groups excluding carboxylic acids is 1. The molecule has 0 spiro atoms. The standard InChI is InChI=1S/C15H17Cl2NO4/c16-11-3-1-10(7-12(11)17)2-4-13(19)18-15(8-14(20)21)5-6-22-9-15/h1,3,7H,2,4-6,8-9H2,(H,18,19)(H,20,21). The molecule has 1 saturated heterocycles. The summed E-state index contributed by atoms with van der Waals surface area (Å²) in [7, 11) is 0. The minimum Gasteiger partial charge on any atom is -0.481 e. The smallest absolute Gasteiger partial charge is 0.305 e. The number of halogens is 2. The normalized spacial score (nSPS) is 20.8. The number of carbonyl (C=O) groups is 2. The fourth-order valence-electron chi connectivity index (χ4n) is 2.49. The van der Waals surface area contributed by atoms with Gasteiger partial charge in [-0.25, -0.2) is 0 Å². The van der Waals surface area contributed by atoms with Gasteiger partial charge < -0.3 is 15.2 Å². The molecule has 1 aliphatic heterocycles. The van der Waals surface area contributed by atoms with Crippen molar-refractivity contribution in [3.8, 4) is 0 Å². The first-order chi connectivity index (χ1) is 10.4. The molecule has 1 heterocycles. The van der Waals surface area contributed by atoms with Gasteiger partial charge in [0.1, 0.15) is 0 Å². The van der Waals surface area contributed by atoms with Crippen molar-refractivity contribution in [2.75, 3.05) is 13.2 Å². The van der Waals surface area contributed by atoms with E-state index < -0.39 is 11.5 Å². The van der Waals surface area contributed by atoms with Gasteiger partial charge in [0.15, 0.2) is 0 Å². The predicted octanol–water partition coefficient (Wildman–Crippen LogP) is 2.68. The number of carboxylic acids is 1. The van der Waals surface area contributed by atoms with Crippen LogP contribution in [0.25, 0.3) is 0 Å². The molecule has 0 bridgehead atoms. The first-order valence-electron chi connectivity index (χ1n) is 6.95. The molecule has 0 radical (unpaired) electrons. The Kier molecular flexibility index (Phi) is 5.67. The highest BCUT2D eigenvalue weighted by Crippen LogP contribution is 2.24. The van der Waals surface area contributed by atoms with Crippen molar-refractivity contribution in [3.63, 3.8) is 0 Å². The lowest BCUT2D eigenvalue weighted by atomic mass is 9.94. The van der Waals surface area contributed by atoms with Gasteiger partial charge in [-0.15, -0.1) is 0 Å². The number of hydrogen-bond donors (Lipinski definition) is 2. The Morgan fingerprint density at radius 2 is 2.09 bits per heavy atom. The maximum atomic E-state index is 12.1. The summed E-state index contributed by atoms with van der Waals surface area (Å²) in [5.74, 6) is -1.15. The molecule has 2 N–H and O–H groups in total. The molecule has 120 valence electrons. The molecule has 5 nitrogen and oxygen atoms in total. The molecular formula is C15H17Cl2NO4. The minimum atomic E-state index is -0.949. The van der Waals surface area contributed by atoms with Crippen molar-refractivity contribution < 1.29 is 19.4 Å². The molecule has 1 amide bonds. The molecule has 1 unspecified atom stereocenters. The van der Waals surface area contributed by atoms with Crippen molar-refractivity contribution in [1.29, 1.82) is 0 Å². The second-order valence-electron chi connectivity index (χ2n) is 5.45. The molecule has 0 aliphatic carbocycles. The first-order valence-corrected chi connectivity index (χ1v) is 7.70. The van der Waals surface area contributed by atoms with Crippen LogP contribution in [0, 0.1) is 0 Å². The summed E-state index contributed by atoms with van der Waals surface area (Å²) in [4.78, 5) is 23.0. The van der Waals surface area contributed by atoms with Crippen LogP contribution in [0.15, 0.2) is 18.2 Å². The van der Waals surface area contributed by atoms with E-state index >= 15 is 0 Å². The van der Waals surface area contributed by atoms with E-state index in [2.05, 4.69) is 5.32 Å². The fraction of sp³-hybridized carbons (Fsp3) is 0.467. The molecule has 1 aliphatic rings. The van der Waals surface area contributed by atoms with Crippen LogP contribution in [0.4, 0.5) is 0 Å². The quantitative estimate of drug-likeness (QED) is 0.830. The number of amides is 1. The van der Waals surface area contributed by atoms with Crippen molar-refractivity contribution in [2.45, 2.75) is 31.2 Å². The maximum Gasteiger partial charge on any atom is 0.305 e. The fourth-order valence-corrected chi connectivity index (χ4v) is 2.81. The average Bonchev–Trinajstić information content (AvgIpc) is 2.87. The molecule has 0 saturated carbocycles. The summed E-state index contributed by atoms with van der Waals surface area (Å²) in [5, 5.41) is 12.7. The SMILES string of the molecule is O=C(O)CC1(NC(=O)CCc2ccc(Cl)c(Cl)c2)CCOC1. The lowest BCUT2D eigenvalue weighted by Gasteiger charge is -2.27. The average molecular weight is 346 g/mol. The van der Waals surface area contributed by atoms with Crippen LogP contribution < -0.4 is 5.32 Å². The number of rotatable bonds is 6. The van der Waals surface area contributed by atoms with E-state index in [1.54, 1.807) is 12.1 Å². The van der Waals surface area contributed by atoms with Crippen molar-refractivity contribution in [2.24, 2.45) is 0 Å². The lowest BCUT2D eigenvalue weighted by Crippen LogP contribution is -2.50. The Bertz CT molecular complexity index is 571. The zero-order valence-electron chi connectivity index (χ0n) is 11.9. The summed E-state index contributed by atoms with van der Waals surface area (Å²) in [6, 6.07) is 5.23. The minimum absolute atomic E-state index is 0.133. The van der Waals surface area contributed by atoms with Crippen LogP contribution in [-0.4, -0.2) is 35.7 Å². The third-order valence-corrected chi connectivity index (χ3v) is 4.36. The van der Waals surface area contributed by atoms with E-state index in [4.69, 9.17) is 33.0 Å². The van der Waals surface area contributed by atoms with E-state index in [9.17, 15) is 9.59 Å². The summed E-state index contributed by atoms with van der Waals surface area (Å²) < 4.78 is 5.24. The van der Waals surface area contributed by atoms with Gasteiger partial charge in [0.2, 0.25) is 5.91 Å². The van der Waals surface area contributed by atoms with Crippen LogP contribution in [-0.2, 0) is 20.7 Å². The molecule has 1 aromatic rings. The van der Waals surface area contributed by atoms with Gasteiger partial charge in [-0.05, 0) is 30.5 Å². The molecule has 2 rings (SSSR count). The van der Waals surface area contributed by atoms with E-state index in [1.165, 1.54) is 0 Å². The van der Waals surface area contributed by atoms with Crippen LogP contribution >= 0.6 is 23.2 Å². The number of hydrogen-bond acceptors (Lipinski definition) is 3. The Balaban J connectivity index is 1.91. The topological polar surface area (TPSA) is 75.6 Å². The summed E-state index contributed by atoms with van der Waals surface area (Å²) in [5.41, 5.74) is 0.111. The predicted molar refractivity (Wildman–Crippen MR) is 83.3 cm³/mol. The van der Waals surface area contributed by atoms with E-state index in [0.29, 0.717) is 29.5 Å². The molecule has 1 atom stereocenters. The number of aliphatic carboxylic acids is 1. The van der Waals surface area contributed by atoms with Crippen molar-refractivity contribution in [3.05, 3.63) is 33.8 Å². The molecule has 1 fully saturated rings. The van der Waals surface area contributed by atoms with Gasteiger partial charge >= 0.3 is 5.97 Å². The van der Waals surface area contributed by atoms with E-state index in [0.717, 1.165) is 5.56 Å². The Morgan fingerprint density at radius 1 is 1.32 bits per heavy atom. The number of ether oxygens (including phenoxy) is 1. The third-order valence-electron chi connectivity index (χ3n) is 3.62. The number of nitrogens with one attached hydrogen (secondary N) is 1. The zero-order valence-corrected chi connectivity index (χ0v) is 13.4. The first kappa shape index (κ1) is 17.1. The lowest BCUT2D eigenvalue weighted by molar-refractivity contribution is -0.139. The number of benzene rings is 1. The molecule has 0 aromatic heterocycles. The Labute approximate surface area is 138 Å². The summed E-state index contributed by atoms with van der Waals surface area (Å²) in [6.45, 7) is 0.693. The third kappa shape index (κ3) is 4.60. The van der Waals surface area contributed by atoms with Gasteiger partial charge in [-0.1, -0.05) is 29.3 Å². The molecule has 22 heavy (non-hydrogen) atoms. The Hall–Kier alpha value is -1.30.